The van der Waals surface area contributed by atoms with Gasteiger partial charge in [0.1, 0.15) is 6.04 Å². The molecule has 1 unspecified atom stereocenters. The molecule has 4 rings (SSSR count). The van der Waals surface area contributed by atoms with Crippen molar-refractivity contribution >= 4 is 23.5 Å². The van der Waals surface area contributed by atoms with E-state index in [2.05, 4.69) is 5.32 Å². The Morgan fingerprint density at radius 1 is 0.730 bits per heavy atom. The Hall–Kier alpha value is -4.10. The Labute approximate surface area is 216 Å². The van der Waals surface area contributed by atoms with Gasteiger partial charge in [0.05, 0.1) is 5.56 Å². The summed E-state index contributed by atoms with van der Waals surface area (Å²) >= 11 is 5.93. The molecule has 0 saturated carbocycles. The highest BCUT2D eigenvalue weighted by Crippen LogP contribution is 2.31. The fraction of sp³-hybridized carbons (Fsp3) is 0.103. The average Bonchev–Trinajstić information content (AvgIpc) is 2.89. The van der Waals surface area contributed by atoms with Crippen molar-refractivity contribution in [3.8, 4) is 22.3 Å². The van der Waals surface area contributed by atoms with Gasteiger partial charge in [-0.1, -0.05) is 72.3 Å². The standard InChI is InChI=1S/C29H21ClF3NO3/c30-25-15-11-22(12-16-25)19-3-1-18(2-4-19)17-26(28(36)37)34-27(35)23-7-5-20(6-8-23)21-9-13-24(14-10-21)29(31,32)33/h1-16,26H,17H2,(H,34,35)(H,36,37). The van der Waals surface area contributed by atoms with Crippen molar-refractivity contribution in [3.05, 3.63) is 119 Å². The molecule has 188 valence electrons. The van der Waals surface area contributed by atoms with Gasteiger partial charge < -0.3 is 10.4 Å². The number of carboxylic acids is 1. The van der Waals surface area contributed by atoms with Crippen LogP contribution in [0.4, 0.5) is 13.2 Å². The first kappa shape index (κ1) is 26.0. The van der Waals surface area contributed by atoms with Gasteiger partial charge in [-0.05, 0) is 64.2 Å². The zero-order chi connectivity index (χ0) is 26.6. The number of amides is 1. The molecule has 0 aromatic heterocycles. The number of rotatable bonds is 7. The summed E-state index contributed by atoms with van der Waals surface area (Å²) in [5.41, 5.74) is 3.34. The maximum absolute atomic E-state index is 12.8. The van der Waals surface area contributed by atoms with Gasteiger partial charge in [0.2, 0.25) is 0 Å². The SMILES string of the molecule is O=C(NC(Cc1ccc(-c2ccc(Cl)cc2)cc1)C(=O)O)c1ccc(-c2ccc(C(F)(F)F)cc2)cc1. The minimum Gasteiger partial charge on any atom is -0.480 e. The number of alkyl halides is 3. The average molecular weight is 524 g/mol. The maximum atomic E-state index is 12.8. The largest absolute Gasteiger partial charge is 0.480 e. The summed E-state index contributed by atoms with van der Waals surface area (Å²) in [7, 11) is 0. The Morgan fingerprint density at radius 3 is 1.62 bits per heavy atom. The van der Waals surface area contributed by atoms with Crippen molar-refractivity contribution in [1.29, 1.82) is 0 Å². The lowest BCUT2D eigenvalue weighted by Gasteiger charge is -2.15. The summed E-state index contributed by atoms with van der Waals surface area (Å²) in [5, 5.41) is 12.8. The van der Waals surface area contributed by atoms with E-state index in [4.69, 9.17) is 11.6 Å². The second-order valence-electron chi connectivity index (χ2n) is 8.42. The molecule has 4 aromatic rings. The van der Waals surface area contributed by atoms with Crippen LogP contribution in [-0.4, -0.2) is 23.0 Å². The van der Waals surface area contributed by atoms with E-state index in [0.29, 0.717) is 16.1 Å². The summed E-state index contributed by atoms with van der Waals surface area (Å²) in [6.07, 6.45) is -4.33. The molecule has 4 nitrogen and oxygen atoms in total. The topological polar surface area (TPSA) is 66.4 Å². The molecule has 0 radical (unpaired) electrons. The molecule has 0 heterocycles. The quantitative estimate of drug-likeness (QED) is 0.271. The van der Waals surface area contributed by atoms with E-state index in [1.807, 2.05) is 36.4 Å². The predicted octanol–water partition coefficient (Wildman–Crippen LogP) is 7.12. The third-order valence-electron chi connectivity index (χ3n) is 5.87. The smallest absolute Gasteiger partial charge is 0.416 e. The molecule has 0 bridgehead atoms. The minimum atomic E-state index is -4.42. The van der Waals surface area contributed by atoms with Gasteiger partial charge in [-0.2, -0.15) is 13.2 Å². The fourth-order valence-corrected chi connectivity index (χ4v) is 3.94. The number of aliphatic carboxylic acids is 1. The van der Waals surface area contributed by atoms with Crippen LogP contribution >= 0.6 is 11.6 Å². The number of halogens is 4. The molecule has 0 saturated heterocycles. The highest BCUT2D eigenvalue weighted by atomic mass is 35.5. The highest BCUT2D eigenvalue weighted by Gasteiger charge is 2.30. The summed E-state index contributed by atoms with van der Waals surface area (Å²) in [5.74, 6) is -1.74. The lowest BCUT2D eigenvalue weighted by Crippen LogP contribution is -2.42. The van der Waals surface area contributed by atoms with Crippen molar-refractivity contribution in [3.63, 3.8) is 0 Å². The van der Waals surface area contributed by atoms with Gasteiger partial charge in [-0.3, -0.25) is 4.79 Å². The van der Waals surface area contributed by atoms with Crippen molar-refractivity contribution in [2.75, 3.05) is 0 Å². The van der Waals surface area contributed by atoms with Gasteiger partial charge in [0.15, 0.2) is 0 Å². The number of nitrogens with one attached hydrogen (secondary N) is 1. The molecule has 0 aliphatic rings. The molecule has 4 aromatic carbocycles. The summed E-state index contributed by atoms with van der Waals surface area (Å²) in [4.78, 5) is 24.5. The summed E-state index contributed by atoms with van der Waals surface area (Å²) in [6, 6.07) is 24.5. The van der Waals surface area contributed by atoms with Crippen LogP contribution in [0.3, 0.4) is 0 Å². The van der Waals surface area contributed by atoms with E-state index < -0.39 is 29.7 Å². The Morgan fingerprint density at radius 2 is 1.16 bits per heavy atom. The van der Waals surface area contributed by atoms with Crippen LogP contribution in [0.15, 0.2) is 97.1 Å². The van der Waals surface area contributed by atoms with Crippen molar-refractivity contribution in [1.82, 2.24) is 5.32 Å². The third kappa shape index (κ3) is 6.57. The summed E-state index contributed by atoms with van der Waals surface area (Å²) < 4.78 is 38.3. The molecule has 1 amide bonds. The zero-order valence-electron chi connectivity index (χ0n) is 19.3. The Bertz CT molecular complexity index is 1380. The number of carboxylic acid groups (broad SMARTS) is 1. The molecule has 37 heavy (non-hydrogen) atoms. The van der Waals surface area contributed by atoms with E-state index in [-0.39, 0.29) is 12.0 Å². The van der Waals surface area contributed by atoms with Crippen molar-refractivity contribution in [2.45, 2.75) is 18.6 Å². The van der Waals surface area contributed by atoms with Crippen LogP contribution in [0, 0.1) is 0 Å². The van der Waals surface area contributed by atoms with Gasteiger partial charge in [0, 0.05) is 17.0 Å². The van der Waals surface area contributed by atoms with Crippen LogP contribution in [0.1, 0.15) is 21.5 Å². The van der Waals surface area contributed by atoms with Crippen LogP contribution < -0.4 is 5.32 Å². The Balaban J connectivity index is 1.41. The molecular weight excluding hydrogens is 503 g/mol. The first-order chi connectivity index (χ1) is 17.6. The number of hydrogen-bond donors (Lipinski definition) is 2. The van der Waals surface area contributed by atoms with Crippen molar-refractivity contribution in [2.24, 2.45) is 0 Å². The van der Waals surface area contributed by atoms with E-state index in [1.54, 1.807) is 24.3 Å². The van der Waals surface area contributed by atoms with Crippen LogP contribution in [0.5, 0.6) is 0 Å². The van der Waals surface area contributed by atoms with Gasteiger partial charge in [-0.25, -0.2) is 4.79 Å². The summed E-state index contributed by atoms with van der Waals surface area (Å²) in [6.45, 7) is 0. The van der Waals surface area contributed by atoms with Crippen LogP contribution in [0.25, 0.3) is 22.3 Å². The van der Waals surface area contributed by atoms with Crippen LogP contribution in [-0.2, 0) is 17.4 Å². The lowest BCUT2D eigenvalue weighted by atomic mass is 10.00. The highest BCUT2D eigenvalue weighted by molar-refractivity contribution is 6.30. The van der Waals surface area contributed by atoms with Gasteiger partial charge >= 0.3 is 12.1 Å². The number of carbonyl (C=O) groups excluding carboxylic acids is 1. The fourth-order valence-electron chi connectivity index (χ4n) is 3.82. The van der Waals surface area contributed by atoms with E-state index >= 15 is 0 Å². The maximum Gasteiger partial charge on any atom is 0.416 e. The molecule has 0 aliphatic heterocycles. The molecule has 8 heteroatoms. The second kappa shape index (κ2) is 10.9. The van der Waals surface area contributed by atoms with Gasteiger partial charge in [0.25, 0.3) is 5.91 Å². The molecule has 1 atom stereocenters. The number of carbonyl (C=O) groups is 2. The zero-order valence-corrected chi connectivity index (χ0v) is 20.1. The lowest BCUT2D eigenvalue weighted by molar-refractivity contribution is -0.139. The molecule has 0 fully saturated rings. The second-order valence-corrected chi connectivity index (χ2v) is 8.86. The first-order valence-electron chi connectivity index (χ1n) is 11.3. The Kier molecular flexibility index (Phi) is 7.64. The monoisotopic (exact) mass is 523 g/mol. The van der Waals surface area contributed by atoms with Gasteiger partial charge in [-0.15, -0.1) is 0 Å². The van der Waals surface area contributed by atoms with E-state index in [0.717, 1.165) is 28.8 Å². The number of hydrogen-bond acceptors (Lipinski definition) is 2. The minimum absolute atomic E-state index is 0.0889. The molecule has 0 spiro atoms. The van der Waals surface area contributed by atoms with E-state index in [1.165, 1.54) is 24.3 Å². The normalized spacial score (nSPS) is 12.1. The molecule has 2 N–H and O–H groups in total. The third-order valence-corrected chi connectivity index (χ3v) is 6.12. The first-order valence-corrected chi connectivity index (χ1v) is 11.6. The predicted molar refractivity (Wildman–Crippen MR) is 136 cm³/mol. The molecule has 0 aliphatic carbocycles. The van der Waals surface area contributed by atoms with E-state index in [9.17, 15) is 27.9 Å². The van der Waals surface area contributed by atoms with Crippen LogP contribution in [0.2, 0.25) is 5.02 Å². The number of benzene rings is 4. The van der Waals surface area contributed by atoms with Crippen molar-refractivity contribution < 1.29 is 27.9 Å². The molecular formula is C29H21ClF3NO3.